The molecule has 1 atom stereocenters. The molecule has 0 aliphatic carbocycles. The van der Waals surface area contributed by atoms with E-state index in [4.69, 9.17) is 4.74 Å². The van der Waals surface area contributed by atoms with Crippen LogP contribution < -0.4 is 5.32 Å². The van der Waals surface area contributed by atoms with E-state index < -0.39 is 12.1 Å². The van der Waals surface area contributed by atoms with Crippen LogP contribution in [0.25, 0.3) is 0 Å². The Bertz CT molecular complexity index is 395. The summed E-state index contributed by atoms with van der Waals surface area (Å²) in [6, 6.07) is 1.32. The van der Waals surface area contributed by atoms with E-state index in [0.29, 0.717) is 6.42 Å². The number of rotatable bonds is 7. The third kappa shape index (κ3) is 4.79. The van der Waals surface area contributed by atoms with E-state index in [1.807, 2.05) is 19.2 Å². The minimum absolute atomic E-state index is 0.0404. The number of thioether (sulfide) groups is 1. The quantitative estimate of drug-likeness (QED) is 0.754. The monoisotopic (exact) mass is 271 g/mol. The molecule has 0 bridgehead atoms. The number of alkyl carbamates (subject to hydrolysis) is 1. The maximum Gasteiger partial charge on any atom is 0.409 e. The molecule has 0 radical (unpaired) electrons. The smallest absolute Gasteiger partial charge is 0.409 e. The topological polar surface area (TPSA) is 73.2 Å². The van der Waals surface area contributed by atoms with Crippen LogP contribution in [0, 0.1) is 6.92 Å². The van der Waals surface area contributed by atoms with Crippen LogP contribution in [0.4, 0.5) is 4.79 Å². The molecule has 1 aromatic rings. The summed E-state index contributed by atoms with van der Waals surface area (Å²) in [5.41, 5.74) is 0.900. The molecule has 1 N–H and O–H groups in total. The van der Waals surface area contributed by atoms with Crippen molar-refractivity contribution in [1.82, 2.24) is 15.1 Å². The first-order valence-electron chi connectivity index (χ1n) is 5.53. The summed E-state index contributed by atoms with van der Waals surface area (Å²) < 4.78 is 6.52. The van der Waals surface area contributed by atoms with Gasteiger partial charge in [0.05, 0.1) is 6.04 Å². The van der Waals surface area contributed by atoms with Gasteiger partial charge in [0.15, 0.2) is 6.73 Å². The van der Waals surface area contributed by atoms with Crippen molar-refractivity contribution in [1.29, 1.82) is 0 Å². The summed E-state index contributed by atoms with van der Waals surface area (Å²) in [7, 11) is 0. The number of carbonyl (C=O) groups is 2. The van der Waals surface area contributed by atoms with Gasteiger partial charge in [-0.1, -0.05) is 0 Å². The first kappa shape index (κ1) is 14.6. The lowest BCUT2D eigenvalue weighted by atomic mass is 10.2. The van der Waals surface area contributed by atoms with Crippen LogP contribution in [-0.2, 0) is 16.3 Å². The van der Waals surface area contributed by atoms with Gasteiger partial charge in [0.2, 0.25) is 0 Å². The van der Waals surface area contributed by atoms with E-state index in [9.17, 15) is 9.59 Å². The van der Waals surface area contributed by atoms with Gasteiger partial charge < -0.3 is 14.8 Å². The lowest BCUT2D eigenvalue weighted by Gasteiger charge is -2.12. The molecule has 0 unspecified atom stereocenters. The van der Waals surface area contributed by atoms with Crippen molar-refractivity contribution in [2.45, 2.75) is 26.1 Å². The molecule has 0 saturated carbocycles. The third-order valence-corrected chi connectivity index (χ3v) is 2.99. The second-order valence-corrected chi connectivity index (χ2v) is 4.69. The summed E-state index contributed by atoms with van der Waals surface area (Å²) in [5.74, 6) is 0.807. The van der Waals surface area contributed by atoms with Gasteiger partial charge in [-0.2, -0.15) is 16.9 Å². The first-order chi connectivity index (χ1) is 8.67. The highest BCUT2D eigenvalue weighted by atomic mass is 32.2. The Hall–Kier alpha value is -1.50. The van der Waals surface area contributed by atoms with Gasteiger partial charge in [0, 0.05) is 11.9 Å². The van der Waals surface area contributed by atoms with E-state index in [-0.39, 0.29) is 6.73 Å². The van der Waals surface area contributed by atoms with E-state index in [1.54, 1.807) is 22.6 Å². The molecule has 18 heavy (non-hydrogen) atoms. The molecule has 1 amide bonds. The summed E-state index contributed by atoms with van der Waals surface area (Å²) in [4.78, 5) is 22.2. The zero-order valence-corrected chi connectivity index (χ0v) is 11.3. The Kier molecular flexibility index (Phi) is 6.27. The van der Waals surface area contributed by atoms with Crippen LogP contribution in [-0.4, -0.2) is 40.2 Å². The van der Waals surface area contributed by atoms with Crippen molar-refractivity contribution in [3.05, 3.63) is 18.0 Å². The van der Waals surface area contributed by atoms with E-state index >= 15 is 0 Å². The highest BCUT2D eigenvalue weighted by molar-refractivity contribution is 7.98. The number of aldehydes is 1. The predicted molar refractivity (Wildman–Crippen MR) is 69.4 cm³/mol. The second-order valence-electron chi connectivity index (χ2n) is 3.70. The molecule has 0 aliphatic heterocycles. The predicted octanol–water partition coefficient (Wildman–Crippen LogP) is 1.20. The van der Waals surface area contributed by atoms with Gasteiger partial charge in [-0.25, -0.2) is 9.48 Å². The molecule has 0 saturated heterocycles. The SMILES string of the molecule is CSCC[C@@H](C=O)NC(=O)OCn1nccc1C. The normalized spacial score (nSPS) is 11.9. The summed E-state index contributed by atoms with van der Waals surface area (Å²) in [6.45, 7) is 1.90. The number of carbonyl (C=O) groups excluding carboxylic acids is 2. The van der Waals surface area contributed by atoms with Crippen molar-refractivity contribution in [2.24, 2.45) is 0 Å². The van der Waals surface area contributed by atoms with Crippen molar-refractivity contribution in [3.63, 3.8) is 0 Å². The van der Waals surface area contributed by atoms with Crippen molar-refractivity contribution < 1.29 is 14.3 Å². The standard InChI is InChI=1S/C11H17N3O3S/c1-9-3-5-12-14(9)8-17-11(16)13-10(7-15)4-6-18-2/h3,5,7,10H,4,6,8H2,1-2H3,(H,13,16)/t10-/m0/s1. The van der Waals surface area contributed by atoms with Gasteiger partial charge in [0.25, 0.3) is 0 Å². The lowest BCUT2D eigenvalue weighted by molar-refractivity contribution is -0.109. The average molecular weight is 271 g/mol. The van der Waals surface area contributed by atoms with Crippen LogP contribution in [0.3, 0.4) is 0 Å². The number of aryl methyl sites for hydroxylation is 1. The molecule has 7 heteroatoms. The fourth-order valence-electron chi connectivity index (χ4n) is 1.27. The van der Waals surface area contributed by atoms with E-state index in [1.165, 1.54) is 0 Å². The molecule has 1 aromatic heterocycles. The van der Waals surface area contributed by atoms with Crippen LogP contribution in [0.5, 0.6) is 0 Å². The largest absolute Gasteiger partial charge is 0.426 e. The number of hydrogen-bond acceptors (Lipinski definition) is 5. The highest BCUT2D eigenvalue weighted by Crippen LogP contribution is 2.00. The molecule has 0 spiro atoms. The Morgan fingerprint density at radius 1 is 1.72 bits per heavy atom. The number of nitrogens with zero attached hydrogens (tertiary/aromatic N) is 2. The minimum Gasteiger partial charge on any atom is -0.426 e. The van der Waals surface area contributed by atoms with Crippen molar-refractivity contribution >= 4 is 24.1 Å². The molecular formula is C11H17N3O3S. The Morgan fingerprint density at radius 2 is 2.50 bits per heavy atom. The van der Waals surface area contributed by atoms with Gasteiger partial charge in [-0.05, 0) is 31.4 Å². The maximum atomic E-state index is 11.4. The van der Waals surface area contributed by atoms with Crippen LogP contribution in [0.15, 0.2) is 12.3 Å². The third-order valence-electron chi connectivity index (χ3n) is 2.35. The summed E-state index contributed by atoms with van der Waals surface area (Å²) in [6.07, 6.45) is 4.28. The number of ether oxygens (including phenoxy) is 1. The summed E-state index contributed by atoms with van der Waals surface area (Å²) >= 11 is 1.62. The van der Waals surface area contributed by atoms with Crippen LogP contribution in [0.2, 0.25) is 0 Å². The molecule has 0 aliphatic rings. The van der Waals surface area contributed by atoms with E-state index in [2.05, 4.69) is 10.4 Å². The van der Waals surface area contributed by atoms with Crippen LogP contribution in [0.1, 0.15) is 12.1 Å². The second kappa shape index (κ2) is 7.75. The van der Waals surface area contributed by atoms with Gasteiger partial charge >= 0.3 is 6.09 Å². The molecular weight excluding hydrogens is 254 g/mol. The molecule has 1 heterocycles. The molecule has 0 aromatic carbocycles. The maximum absolute atomic E-state index is 11.4. The fraction of sp³-hybridized carbons (Fsp3) is 0.545. The molecule has 100 valence electrons. The first-order valence-corrected chi connectivity index (χ1v) is 6.92. The molecule has 0 fully saturated rings. The minimum atomic E-state index is -0.608. The average Bonchev–Trinajstić information content (AvgIpc) is 2.77. The Morgan fingerprint density at radius 3 is 3.06 bits per heavy atom. The molecule has 6 nitrogen and oxygen atoms in total. The number of hydrogen-bond donors (Lipinski definition) is 1. The number of aromatic nitrogens is 2. The van der Waals surface area contributed by atoms with E-state index in [0.717, 1.165) is 17.7 Å². The lowest BCUT2D eigenvalue weighted by Crippen LogP contribution is -2.37. The van der Waals surface area contributed by atoms with Crippen molar-refractivity contribution in [3.8, 4) is 0 Å². The number of amides is 1. The zero-order chi connectivity index (χ0) is 13.4. The highest BCUT2D eigenvalue weighted by Gasteiger charge is 2.12. The molecule has 1 rings (SSSR count). The van der Waals surface area contributed by atoms with Gasteiger partial charge in [0.1, 0.15) is 6.29 Å². The summed E-state index contributed by atoms with van der Waals surface area (Å²) in [5, 5.41) is 6.48. The van der Waals surface area contributed by atoms with Crippen LogP contribution >= 0.6 is 11.8 Å². The zero-order valence-electron chi connectivity index (χ0n) is 10.5. The van der Waals surface area contributed by atoms with Crippen molar-refractivity contribution in [2.75, 3.05) is 12.0 Å². The van der Waals surface area contributed by atoms with Gasteiger partial charge in [-0.3, -0.25) is 0 Å². The Balaban J connectivity index is 2.32. The number of nitrogens with one attached hydrogen (secondary N) is 1. The Labute approximate surface area is 110 Å². The fourth-order valence-corrected chi connectivity index (χ4v) is 1.76. The van der Waals surface area contributed by atoms with Gasteiger partial charge in [-0.15, -0.1) is 0 Å².